The molecule has 2 nitrogen and oxygen atoms in total. The van der Waals surface area contributed by atoms with Gasteiger partial charge in [0.15, 0.2) is 5.78 Å². The molecule has 1 aromatic heterocycles. The molecule has 0 bridgehead atoms. The number of ketones is 1. The van der Waals surface area contributed by atoms with Gasteiger partial charge in [-0.25, -0.2) is 0 Å². The van der Waals surface area contributed by atoms with Crippen molar-refractivity contribution in [3.05, 3.63) is 58.9 Å². The van der Waals surface area contributed by atoms with Crippen LogP contribution in [-0.2, 0) is 0 Å². The summed E-state index contributed by atoms with van der Waals surface area (Å²) in [5.41, 5.74) is 4.35. The van der Waals surface area contributed by atoms with Crippen LogP contribution in [0.1, 0.15) is 39.5 Å². The first-order valence-corrected chi connectivity index (χ1v) is 6.42. The van der Waals surface area contributed by atoms with Gasteiger partial charge in [0, 0.05) is 12.1 Å². The molecule has 0 radical (unpaired) electrons. The normalized spacial score (nSPS) is 21.9. The number of aromatic amines is 1. The van der Waals surface area contributed by atoms with Gasteiger partial charge in [-0.1, -0.05) is 30.3 Å². The molecule has 3 rings (SSSR count). The highest BCUT2D eigenvalue weighted by atomic mass is 16.1. The van der Waals surface area contributed by atoms with Crippen molar-refractivity contribution in [1.82, 2.24) is 4.98 Å². The fourth-order valence-corrected chi connectivity index (χ4v) is 2.59. The van der Waals surface area contributed by atoms with Crippen LogP contribution >= 0.6 is 0 Å². The zero-order valence-electron chi connectivity index (χ0n) is 10.7. The largest absolute Gasteiger partial charge is 0.358 e. The highest BCUT2D eigenvalue weighted by Gasteiger charge is 2.44. The highest BCUT2D eigenvalue weighted by molar-refractivity contribution is 6.00. The highest BCUT2D eigenvalue weighted by Crippen LogP contribution is 2.49. The van der Waals surface area contributed by atoms with Crippen LogP contribution in [0.3, 0.4) is 0 Å². The van der Waals surface area contributed by atoms with E-state index in [-0.39, 0.29) is 11.7 Å². The fourth-order valence-electron chi connectivity index (χ4n) is 2.59. The van der Waals surface area contributed by atoms with E-state index in [0.29, 0.717) is 5.92 Å². The van der Waals surface area contributed by atoms with Crippen molar-refractivity contribution in [3.8, 4) is 0 Å². The summed E-state index contributed by atoms with van der Waals surface area (Å²) < 4.78 is 0. The van der Waals surface area contributed by atoms with Crippen molar-refractivity contribution < 1.29 is 4.79 Å². The van der Waals surface area contributed by atoms with Crippen molar-refractivity contribution in [2.75, 3.05) is 0 Å². The van der Waals surface area contributed by atoms with Gasteiger partial charge in [0.2, 0.25) is 0 Å². The first-order chi connectivity index (χ1) is 8.68. The van der Waals surface area contributed by atoms with Gasteiger partial charge >= 0.3 is 0 Å². The molecule has 2 unspecified atom stereocenters. The number of carbonyl (C=O) groups is 1. The second-order valence-corrected chi connectivity index (χ2v) is 5.20. The van der Waals surface area contributed by atoms with Crippen molar-refractivity contribution in [2.45, 2.75) is 26.2 Å². The fraction of sp³-hybridized carbons (Fsp3) is 0.312. The molecule has 2 atom stereocenters. The summed E-state index contributed by atoms with van der Waals surface area (Å²) >= 11 is 0. The number of carbonyl (C=O) groups excluding carboxylic acids is 1. The van der Waals surface area contributed by atoms with Crippen LogP contribution in [-0.4, -0.2) is 10.8 Å². The molecule has 2 heteroatoms. The van der Waals surface area contributed by atoms with Crippen molar-refractivity contribution in [2.24, 2.45) is 5.92 Å². The van der Waals surface area contributed by atoms with E-state index in [1.54, 1.807) is 0 Å². The van der Waals surface area contributed by atoms with Crippen LogP contribution < -0.4 is 0 Å². The molecule has 0 aliphatic heterocycles. The minimum Gasteiger partial charge on any atom is -0.358 e. The quantitative estimate of drug-likeness (QED) is 0.815. The van der Waals surface area contributed by atoms with E-state index in [1.165, 1.54) is 5.56 Å². The number of aryl methyl sites for hydroxylation is 1. The molecule has 1 aromatic carbocycles. The van der Waals surface area contributed by atoms with Gasteiger partial charge < -0.3 is 4.98 Å². The average Bonchev–Trinajstić information content (AvgIpc) is 3.13. The lowest BCUT2D eigenvalue weighted by Crippen LogP contribution is -2.05. The van der Waals surface area contributed by atoms with Crippen LogP contribution in [0.25, 0.3) is 0 Å². The number of benzene rings is 1. The molecule has 1 N–H and O–H groups in total. The Kier molecular flexibility index (Phi) is 2.58. The first-order valence-electron chi connectivity index (χ1n) is 6.42. The van der Waals surface area contributed by atoms with E-state index in [1.807, 2.05) is 38.2 Å². The number of H-pyrrole nitrogens is 1. The molecule has 92 valence electrons. The molecule has 0 saturated heterocycles. The van der Waals surface area contributed by atoms with Crippen molar-refractivity contribution in [1.29, 1.82) is 0 Å². The Balaban J connectivity index is 1.79. The lowest BCUT2D eigenvalue weighted by Gasteiger charge is -2.01. The smallest absolute Gasteiger partial charge is 0.182 e. The number of hydrogen-bond donors (Lipinski definition) is 1. The van der Waals surface area contributed by atoms with Gasteiger partial charge in [0.25, 0.3) is 0 Å². The lowest BCUT2D eigenvalue weighted by atomic mass is 10.0. The zero-order valence-corrected chi connectivity index (χ0v) is 10.7. The van der Waals surface area contributed by atoms with E-state index >= 15 is 0 Å². The van der Waals surface area contributed by atoms with E-state index in [2.05, 4.69) is 17.1 Å². The predicted molar refractivity (Wildman–Crippen MR) is 71.9 cm³/mol. The molecular formula is C16H17NO. The van der Waals surface area contributed by atoms with Gasteiger partial charge in [-0.05, 0) is 42.9 Å². The molecule has 1 heterocycles. The van der Waals surface area contributed by atoms with Crippen molar-refractivity contribution >= 4 is 5.78 Å². The number of nitrogens with one attached hydrogen (secondary N) is 1. The maximum absolute atomic E-state index is 12.4. The SMILES string of the molecule is Cc1c[nH]c(C(=O)C2CC2c2ccccc2)c1C. The Labute approximate surface area is 107 Å². The summed E-state index contributed by atoms with van der Waals surface area (Å²) in [5.74, 6) is 0.861. The summed E-state index contributed by atoms with van der Waals surface area (Å²) in [6.45, 7) is 4.04. The molecule has 18 heavy (non-hydrogen) atoms. The van der Waals surface area contributed by atoms with Crippen LogP contribution in [0.15, 0.2) is 36.5 Å². The van der Waals surface area contributed by atoms with Crippen LogP contribution in [0.5, 0.6) is 0 Å². The Hall–Kier alpha value is -1.83. The van der Waals surface area contributed by atoms with Gasteiger partial charge in [-0.2, -0.15) is 0 Å². The molecule has 1 aliphatic rings. The standard InChI is InChI=1S/C16H17NO/c1-10-9-17-15(11(10)2)16(18)14-8-13(14)12-6-4-3-5-7-12/h3-7,9,13-14,17H,8H2,1-2H3. The number of Topliss-reactive ketones (excluding diaryl/α,β-unsaturated/α-hetero) is 1. The first kappa shape index (κ1) is 11.3. The summed E-state index contributed by atoms with van der Waals surface area (Å²) in [6.07, 6.45) is 2.91. The predicted octanol–water partition coefficient (Wildman–Crippen LogP) is 3.62. The van der Waals surface area contributed by atoms with Crippen LogP contribution in [0.2, 0.25) is 0 Å². The Morgan fingerprint density at radius 2 is 1.94 bits per heavy atom. The Morgan fingerprint density at radius 3 is 2.56 bits per heavy atom. The summed E-state index contributed by atoms with van der Waals surface area (Å²) in [5, 5.41) is 0. The molecule has 0 amide bonds. The minimum absolute atomic E-state index is 0.171. The minimum atomic E-state index is 0.171. The number of hydrogen-bond acceptors (Lipinski definition) is 1. The van der Waals surface area contributed by atoms with Gasteiger partial charge in [-0.3, -0.25) is 4.79 Å². The zero-order chi connectivity index (χ0) is 12.7. The maximum Gasteiger partial charge on any atom is 0.182 e. The summed E-state index contributed by atoms with van der Waals surface area (Å²) in [7, 11) is 0. The molecule has 2 aromatic rings. The van der Waals surface area contributed by atoms with Gasteiger partial charge in [-0.15, -0.1) is 0 Å². The third-order valence-electron chi connectivity index (χ3n) is 4.00. The third-order valence-corrected chi connectivity index (χ3v) is 4.00. The Morgan fingerprint density at radius 1 is 1.22 bits per heavy atom. The molecular weight excluding hydrogens is 222 g/mol. The van der Waals surface area contributed by atoms with E-state index in [4.69, 9.17) is 0 Å². The molecule has 0 spiro atoms. The number of rotatable bonds is 3. The summed E-state index contributed by atoms with van der Waals surface area (Å²) in [4.78, 5) is 15.5. The molecule has 1 saturated carbocycles. The average molecular weight is 239 g/mol. The number of aromatic nitrogens is 1. The summed E-state index contributed by atoms with van der Waals surface area (Å²) in [6, 6.07) is 10.3. The molecule has 1 fully saturated rings. The van der Waals surface area contributed by atoms with E-state index in [0.717, 1.165) is 23.2 Å². The van der Waals surface area contributed by atoms with Crippen molar-refractivity contribution in [3.63, 3.8) is 0 Å². The van der Waals surface area contributed by atoms with Crippen LogP contribution in [0, 0.1) is 19.8 Å². The Bertz CT molecular complexity index is 582. The molecule has 1 aliphatic carbocycles. The van der Waals surface area contributed by atoms with Crippen LogP contribution in [0.4, 0.5) is 0 Å². The maximum atomic E-state index is 12.4. The monoisotopic (exact) mass is 239 g/mol. The third kappa shape index (κ3) is 1.78. The topological polar surface area (TPSA) is 32.9 Å². The van der Waals surface area contributed by atoms with E-state index < -0.39 is 0 Å². The lowest BCUT2D eigenvalue weighted by molar-refractivity contribution is 0.0960. The second-order valence-electron chi connectivity index (χ2n) is 5.20. The van der Waals surface area contributed by atoms with Gasteiger partial charge in [0.1, 0.15) is 0 Å². The second kappa shape index (κ2) is 4.13. The van der Waals surface area contributed by atoms with Gasteiger partial charge in [0.05, 0.1) is 5.69 Å². The van der Waals surface area contributed by atoms with E-state index in [9.17, 15) is 4.79 Å².